The van der Waals surface area contributed by atoms with Crippen molar-refractivity contribution < 1.29 is 14.3 Å². The zero-order valence-corrected chi connectivity index (χ0v) is 16.7. The number of carbonyl (C=O) groups excluding carboxylic acids is 1. The number of carbonyl (C=O) groups is 1. The van der Waals surface area contributed by atoms with Gasteiger partial charge in [-0.15, -0.1) is 10.2 Å². The second-order valence-corrected chi connectivity index (χ2v) is 7.06. The van der Waals surface area contributed by atoms with Crippen LogP contribution in [0.3, 0.4) is 0 Å². The first-order valence-corrected chi connectivity index (χ1v) is 9.84. The number of hydrogen-bond donors (Lipinski definition) is 0. The van der Waals surface area contributed by atoms with E-state index in [1.54, 1.807) is 30.9 Å². The van der Waals surface area contributed by atoms with Gasteiger partial charge in [-0.2, -0.15) is 9.61 Å². The molecule has 2 heterocycles. The summed E-state index contributed by atoms with van der Waals surface area (Å²) in [6.07, 6.45) is 0. The molecule has 2 aromatic carbocycles. The molecule has 0 unspecified atom stereocenters. The minimum absolute atomic E-state index is 0.0309. The number of rotatable bonds is 7. The predicted molar refractivity (Wildman–Crippen MR) is 111 cm³/mol. The van der Waals surface area contributed by atoms with Gasteiger partial charge in [0.2, 0.25) is 5.16 Å². The number of methoxy groups -OCH3 is 2. The summed E-state index contributed by atoms with van der Waals surface area (Å²) in [5, 5.41) is 13.5. The fourth-order valence-electron chi connectivity index (χ4n) is 2.85. The van der Waals surface area contributed by atoms with Crippen molar-refractivity contribution in [1.82, 2.24) is 19.8 Å². The van der Waals surface area contributed by atoms with Crippen molar-refractivity contribution >= 4 is 23.2 Å². The Morgan fingerprint density at radius 2 is 1.76 bits per heavy atom. The predicted octanol–water partition coefficient (Wildman–Crippen LogP) is 3.78. The zero-order valence-electron chi connectivity index (χ0n) is 15.9. The molecule has 7 nitrogen and oxygen atoms in total. The average Bonchev–Trinajstić information content (AvgIpc) is 3.19. The van der Waals surface area contributed by atoms with Crippen molar-refractivity contribution in [3.8, 4) is 22.8 Å². The normalized spacial score (nSPS) is 10.8. The van der Waals surface area contributed by atoms with E-state index in [0.717, 1.165) is 11.3 Å². The van der Waals surface area contributed by atoms with Crippen molar-refractivity contribution in [2.75, 3.05) is 20.0 Å². The SMILES string of the molecule is COc1ccc(-c2ccc3nnc(SCC(=O)c4ccccc4)n3n2)cc1OC. The minimum Gasteiger partial charge on any atom is -0.493 e. The third-order valence-electron chi connectivity index (χ3n) is 4.34. The first-order chi connectivity index (χ1) is 14.2. The molecule has 146 valence electrons. The molecule has 0 N–H and O–H groups in total. The average molecular weight is 406 g/mol. The second-order valence-electron chi connectivity index (χ2n) is 6.12. The molecular formula is C21H18N4O3S. The van der Waals surface area contributed by atoms with Gasteiger partial charge in [-0.05, 0) is 30.3 Å². The van der Waals surface area contributed by atoms with Gasteiger partial charge in [0.15, 0.2) is 22.9 Å². The summed E-state index contributed by atoms with van der Waals surface area (Å²) in [6.45, 7) is 0. The number of hydrogen-bond acceptors (Lipinski definition) is 7. The van der Waals surface area contributed by atoms with Crippen LogP contribution in [0.2, 0.25) is 0 Å². The first kappa shape index (κ1) is 18.9. The van der Waals surface area contributed by atoms with Gasteiger partial charge in [0.05, 0.1) is 25.7 Å². The lowest BCUT2D eigenvalue weighted by Crippen LogP contribution is -2.03. The highest BCUT2D eigenvalue weighted by Gasteiger charge is 2.13. The van der Waals surface area contributed by atoms with E-state index >= 15 is 0 Å². The number of thioether (sulfide) groups is 1. The summed E-state index contributed by atoms with van der Waals surface area (Å²) in [4.78, 5) is 12.4. The summed E-state index contributed by atoms with van der Waals surface area (Å²) in [6, 6.07) is 18.5. The van der Waals surface area contributed by atoms with Gasteiger partial charge in [-0.25, -0.2) is 0 Å². The second kappa shape index (κ2) is 8.32. The first-order valence-electron chi connectivity index (χ1n) is 8.85. The molecule has 2 aromatic heterocycles. The molecule has 0 fully saturated rings. The summed E-state index contributed by atoms with van der Waals surface area (Å²) in [5.74, 6) is 1.56. The number of nitrogens with zero attached hydrogens (tertiary/aromatic N) is 4. The van der Waals surface area contributed by atoms with Crippen molar-refractivity contribution in [3.63, 3.8) is 0 Å². The van der Waals surface area contributed by atoms with Crippen LogP contribution in [-0.4, -0.2) is 45.6 Å². The van der Waals surface area contributed by atoms with Crippen molar-refractivity contribution in [2.24, 2.45) is 0 Å². The number of Topliss-reactive ketones (excluding diaryl/α,β-unsaturated/α-hetero) is 1. The monoisotopic (exact) mass is 406 g/mol. The summed E-state index contributed by atoms with van der Waals surface area (Å²) in [5.41, 5.74) is 2.89. The van der Waals surface area contributed by atoms with E-state index in [2.05, 4.69) is 15.3 Å². The summed E-state index contributed by atoms with van der Waals surface area (Å²) in [7, 11) is 3.19. The quantitative estimate of drug-likeness (QED) is 0.341. The standard InChI is InChI=1S/C21H18N4O3S/c1-27-18-10-8-15(12-19(18)28-2)16-9-11-20-22-23-21(25(20)24-16)29-13-17(26)14-6-4-3-5-7-14/h3-12H,13H2,1-2H3. The third-order valence-corrected chi connectivity index (χ3v) is 5.26. The Balaban J connectivity index is 1.60. The number of benzene rings is 2. The van der Waals surface area contributed by atoms with Gasteiger partial charge in [0.25, 0.3) is 0 Å². The zero-order chi connectivity index (χ0) is 20.2. The van der Waals surface area contributed by atoms with Gasteiger partial charge in [0, 0.05) is 11.1 Å². The molecule has 0 aliphatic heterocycles. The van der Waals surface area contributed by atoms with Crippen LogP contribution >= 0.6 is 11.8 Å². The number of ether oxygens (including phenoxy) is 2. The molecule has 0 aliphatic rings. The maximum absolute atomic E-state index is 12.4. The van der Waals surface area contributed by atoms with E-state index in [9.17, 15) is 4.79 Å². The molecule has 0 spiro atoms. The van der Waals surface area contributed by atoms with Crippen LogP contribution in [0, 0.1) is 0 Å². The molecular weight excluding hydrogens is 388 g/mol. The Bertz CT molecular complexity index is 1160. The molecule has 4 rings (SSSR count). The Labute approximate surface area is 171 Å². The van der Waals surface area contributed by atoms with Crippen molar-refractivity contribution in [1.29, 1.82) is 0 Å². The Morgan fingerprint density at radius 1 is 0.966 bits per heavy atom. The number of aromatic nitrogens is 4. The summed E-state index contributed by atoms with van der Waals surface area (Å²) >= 11 is 1.31. The molecule has 0 amide bonds. The van der Waals surface area contributed by atoms with Crippen LogP contribution < -0.4 is 9.47 Å². The Hall–Kier alpha value is -3.39. The van der Waals surface area contributed by atoms with Crippen LogP contribution in [0.15, 0.2) is 65.8 Å². The molecule has 4 aromatic rings. The maximum Gasteiger partial charge on any atom is 0.212 e. The fraction of sp³-hybridized carbons (Fsp3) is 0.143. The molecule has 0 saturated carbocycles. The minimum atomic E-state index is 0.0309. The molecule has 0 radical (unpaired) electrons. The van der Waals surface area contributed by atoms with Gasteiger partial charge < -0.3 is 9.47 Å². The van der Waals surface area contributed by atoms with E-state index in [1.807, 2.05) is 48.5 Å². The van der Waals surface area contributed by atoms with Gasteiger partial charge in [0.1, 0.15) is 0 Å². The van der Waals surface area contributed by atoms with Crippen LogP contribution in [0.1, 0.15) is 10.4 Å². The molecule has 0 saturated heterocycles. The van der Waals surface area contributed by atoms with E-state index in [1.165, 1.54) is 11.8 Å². The molecule has 0 atom stereocenters. The Morgan fingerprint density at radius 3 is 2.52 bits per heavy atom. The van der Waals surface area contributed by atoms with Crippen LogP contribution in [0.25, 0.3) is 16.9 Å². The number of ketones is 1. The maximum atomic E-state index is 12.4. The molecule has 8 heteroatoms. The summed E-state index contributed by atoms with van der Waals surface area (Å²) < 4.78 is 12.3. The van der Waals surface area contributed by atoms with Crippen LogP contribution in [0.5, 0.6) is 11.5 Å². The van der Waals surface area contributed by atoms with Crippen molar-refractivity contribution in [2.45, 2.75) is 5.16 Å². The fourth-order valence-corrected chi connectivity index (χ4v) is 3.63. The lowest BCUT2D eigenvalue weighted by Gasteiger charge is -2.09. The largest absolute Gasteiger partial charge is 0.493 e. The highest BCUT2D eigenvalue weighted by molar-refractivity contribution is 7.99. The van der Waals surface area contributed by atoms with Crippen LogP contribution in [0.4, 0.5) is 0 Å². The lowest BCUT2D eigenvalue weighted by molar-refractivity contribution is 0.102. The topological polar surface area (TPSA) is 78.6 Å². The van der Waals surface area contributed by atoms with Gasteiger partial charge >= 0.3 is 0 Å². The lowest BCUT2D eigenvalue weighted by atomic mass is 10.1. The highest BCUT2D eigenvalue weighted by atomic mass is 32.2. The molecule has 0 aliphatic carbocycles. The van der Waals surface area contributed by atoms with Gasteiger partial charge in [-0.3, -0.25) is 4.79 Å². The molecule has 29 heavy (non-hydrogen) atoms. The number of fused-ring (bicyclic) bond motifs is 1. The Kier molecular flexibility index (Phi) is 5.44. The third kappa shape index (κ3) is 3.93. The van der Waals surface area contributed by atoms with E-state index in [-0.39, 0.29) is 11.5 Å². The van der Waals surface area contributed by atoms with E-state index in [0.29, 0.717) is 27.9 Å². The van der Waals surface area contributed by atoms with E-state index in [4.69, 9.17) is 9.47 Å². The van der Waals surface area contributed by atoms with E-state index < -0.39 is 0 Å². The smallest absolute Gasteiger partial charge is 0.212 e. The highest BCUT2D eigenvalue weighted by Crippen LogP contribution is 2.31. The molecule has 0 bridgehead atoms. The van der Waals surface area contributed by atoms with Crippen molar-refractivity contribution in [3.05, 3.63) is 66.2 Å². The van der Waals surface area contributed by atoms with Crippen LogP contribution in [-0.2, 0) is 0 Å². The van der Waals surface area contributed by atoms with Gasteiger partial charge in [-0.1, -0.05) is 42.1 Å².